The molecular formula is C18H26N2O2S. The summed E-state index contributed by atoms with van der Waals surface area (Å²) < 4.78 is 5.64. The molecule has 0 aliphatic rings. The Balaban J connectivity index is 2.19. The number of hydrogen-bond donors (Lipinski definition) is 1. The second-order valence-electron chi connectivity index (χ2n) is 6.46. The van der Waals surface area contributed by atoms with Gasteiger partial charge in [0.2, 0.25) is 0 Å². The van der Waals surface area contributed by atoms with Crippen molar-refractivity contribution in [2.75, 3.05) is 20.6 Å². The Hall–Kier alpha value is -1.46. The van der Waals surface area contributed by atoms with Gasteiger partial charge in [-0.1, -0.05) is 26.8 Å². The van der Waals surface area contributed by atoms with E-state index in [4.69, 9.17) is 4.74 Å². The van der Waals surface area contributed by atoms with Crippen molar-refractivity contribution in [3.05, 3.63) is 30.0 Å². The Labute approximate surface area is 142 Å². The zero-order valence-electron chi connectivity index (χ0n) is 14.6. The number of rotatable bonds is 6. The zero-order chi connectivity index (χ0) is 17.0. The molecule has 2 rings (SSSR count). The average molecular weight is 334 g/mol. The number of ether oxygens (including phenoxy) is 1. The molecule has 5 heteroatoms. The van der Waals surface area contributed by atoms with E-state index in [0.29, 0.717) is 11.7 Å². The largest absolute Gasteiger partial charge is 0.418 e. The summed E-state index contributed by atoms with van der Waals surface area (Å²) in [5.41, 5.74) is 2.19. The maximum atomic E-state index is 12.2. The van der Waals surface area contributed by atoms with Crippen LogP contribution in [0.1, 0.15) is 26.3 Å². The first-order chi connectivity index (χ1) is 10.9. The van der Waals surface area contributed by atoms with E-state index in [1.165, 1.54) is 17.3 Å². The third kappa shape index (κ3) is 4.75. The number of benzene rings is 1. The van der Waals surface area contributed by atoms with E-state index in [-0.39, 0.29) is 10.6 Å². The third-order valence-corrected chi connectivity index (χ3v) is 5.18. The van der Waals surface area contributed by atoms with Crippen molar-refractivity contribution in [1.82, 2.24) is 9.88 Å². The standard InChI is InChI=1S/C18H26N2O2S/c1-12(2)13(3)23-18(21)22-16-8-6-7-15-17(16)14(11-19-15)9-10-20(4)5/h6-8,11-13,19H,9-10H2,1-5H3. The number of carbonyl (C=O) groups excluding carboxylic acids is 1. The van der Waals surface area contributed by atoms with E-state index in [2.05, 4.69) is 44.8 Å². The van der Waals surface area contributed by atoms with Crippen LogP contribution in [0.5, 0.6) is 5.75 Å². The lowest BCUT2D eigenvalue weighted by atomic mass is 10.1. The summed E-state index contributed by atoms with van der Waals surface area (Å²) in [5, 5.41) is 1.01. The minimum absolute atomic E-state index is 0.237. The van der Waals surface area contributed by atoms with E-state index < -0.39 is 0 Å². The number of nitrogens with one attached hydrogen (secondary N) is 1. The highest BCUT2D eigenvalue weighted by molar-refractivity contribution is 8.13. The number of fused-ring (bicyclic) bond motifs is 1. The molecule has 0 saturated heterocycles. The number of aromatic amines is 1. The maximum Gasteiger partial charge on any atom is 0.373 e. The predicted octanol–water partition coefficient (Wildman–Crippen LogP) is 4.55. The quantitative estimate of drug-likeness (QED) is 0.787. The van der Waals surface area contributed by atoms with E-state index in [1.54, 1.807) is 0 Å². The Morgan fingerprint density at radius 2 is 2.04 bits per heavy atom. The molecule has 23 heavy (non-hydrogen) atoms. The number of carbonyl (C=O) groups is 1. The molecule has 2 aromatic rings. The number of nitrogens with zero attached hydrogens (tertiary/aromatic N) is 1. The first-order valence-corrected chi connectivity index (χ1v) is 8.88. The van der Waals surface area contributed by atoms with Crippen LogP contribution in [0.25, 0.3) is 10.9 Å². The van der Waals surface area contributed by atoms with Crippen LogP contribution >= 0.6 is 11.8 Å². The van der Waals surface area contributed by atoms with Crippen LogP contribution in [0.4, 0.5) is 4.79 Å². The van der Waals surface area contributed by atoms with Crippen LogP contribution in [0.2, 0.25) is 0 Å². The minimum atomic E-state index is -0.238. The summed E-state index contributed by atoms with van der Waals surface area (Å²) in [7, 11) is 4.11. The van der Waals surface area contributed by atoms with Crippen molar-refractivity contribution in [1.29, 1.82) is 0 Å². The van der Waals surface area contributed by atoms with Crippen LogP contribution < -0.4 is 4.74 Å². The molecule has 0 bridgehead atoms. The molecule has 1 aromatic heterocycles. The minimum Gasteiger partial charge on any atom is -0.418 e. The Kier molecular flexibility index (Phi) is 6.13. The van der Waals surface area contributed by atoms with Crippen molar-refractivity contribution >= 4 is 28.0 Å². The highest BCUT2D eigenvalue weighted by Gasteiger charge is 2.17. The first kappa shape index (κ1) is 17.9. The van der Waals surface area contributed by atoms with Crippen LogP contribution in [0.15, 0.2) is 24.4 Å². The van der Waals surface area contributed by atoms with Gasteiger partial charge in [0.15, 0.2) is 0 Å². The van der Waals surface area contributed by atoms with Gasteiger partial charge >= 0.3 is 5.30 Å². The van der Waals surface area contributed by atoms with Crippen LogP contribution in [-0.2, 0) is 6.42 Å². The fraction of sp³-hybridized carbons (Fsp3) is 0.500. The topological polar surface area (TPSA) is 45.3 Å². The van der Waals surface area contributed by atoms with Gasteiger partial charge in [0.25, 0.3) is 0 Å². The number of aromatic nitrogens is 1. The number of likely N-dealkylation sites (N-methyl/N-ethyl adjacent to an activating group) is 1. The highest BCUT2D eigenvalue weighted by Crippen LogP contribution is 2.31. The molecule has 1 atom stereocenters. The summed E-state index contributed by atoms with van der Waals surface area (Å²) in [6.07, 6.45) is 2.92. The summed E-state index contributed by atoms with van der Waals surface area (Å²) in [6, 6.07) is 5.79. The molecule has 1 aromatic carbocycles. The van der Waals surface area contributed by atoms with Gasteiger partial charge in [-0.2, -0.15) is 0 Å². The maximum absolute atomic E-state index is 12.2. The van der Waals surface area contributed by atoms with Crippen molar-refractivity contribution in [3.8, 4) is 5.75 Å². The Bertz CT molecular complexity index is 664. The van der Waals surface area contributed by atoms with Gasteiger partial charge in [-0.15, -0.1) is 0 Å². The van der Waals surface area contributed by atoms with Gasteiger partial charge in [-0.05, 0) is 55.9 Å². The SMILES string of the molecule is CC(C)C(C)SC(=O)Oc1cccc2[nH]cc(CCN(C)C)c12. The van der Waals surface area contributed by atoms with Crippen molar-refractivity contribution in [3.63, 3.8) is 0 Å². The monoisotopic (exact) mass is 334 g/mol. The first-order valence-electron chi connectivity index (χ1n) is 8.00. The molecule has 1 N–H and O–H groups in total. The van der Waals surface area contributed by atoms with Gasteiger partial charge in [-0.3, -0.25) is 0 Å². The fourth-order valence-electron chi connectivity index (χ4n) is 2.25. The number of H-pyrrole nitrogens is 1. The van der Waals surface area contributed by atoms with E-state index in [0.717, 1.165) is 23.9 Å². The second kappa shape index (κ2) is 7.88. The Morgan fingerprint density at radius 1 is 1.30 bits per heavy atom. The second-order valence-corrected chi connectivity index (χ2v) is 7.78. The van der Waals surface area contributed by atoms with Crippen molar-refractivity contribution < 1.29 is 9.53 Å². The highest BCUT2D eigenvalue weighted by atomic mass is 32.2. The van der Waals surface area contributed by atoms with Gasteiger partial charge in [-0.25, -0.2) is 4.79 Å². The number of hydrogen-bond acceptors (Lipinski definition) is 4. The summed E-state index contributed by atoms with van der Waals surface area (Å²) in [5.74, 6) is 1.08. The average Bonchev–Trinajstić information content (AvgIpc) is 2.89. The molecule has 0 aliphatic carbocycles. The van der Waals surface area contributed by atoms with Crippen molar-refractivity contribution in [2.45, 2.75) is 32.4 Å². The molecule has 0 aliphatic heterocycles. The molecule has 0 amide bonds. The molecule has 0 saturated carbocycles. The molecule has 4 nitrogen and oxygen atoms in total. The zero-order valence-corrected chi connectivity index (χ0v) is 15.4. The third-order valence-electron chi connectivity index (χ3n) is 3.99. The Morgan fingerprint density at radius 3 is 2.70 bits per heavy atom. The summed E-state index contributed by atoms with van der Waals surface area (Å²) >= 11 is 1.26. The van der Waals surface area contributed by atoms with E-state index in [9.17, 15) is 4.79 Å². The lowest BCUT2D eigenvalue weighted by Gasteiger charge is -2.14. The van der Waals surface area contributed by atoms with E-state index in [1.807, 2.05) is 24.4 Å². The predicted molar refractivity (Wildman–Crippen MR) is 98.5 cm³/mol. The molecular weight excluding hydrogens is 308 g/mol. The van der Waals surface area contributed by atoms with E-state index >= 15 is 0 Å². The molecule has 0 fully saturated rings. The molecule has 1 heterocycles. The van der Waals surface area contributed by atoms with Gasteiger partial charge in [0.1, 0.15) is 5.75 Å². The molecule has 0 radical (unpaired) electrons. The fourth-order valence-corrected chi connectivity index (χ4v) is 2.96. The van der Waals surface area contributed by atoms with Gasteiger partial charge < -0.3 is 14.6 Å². The van der Waals surface area contributed by atoms with Crippen molar-refractivity contribution in [2.24, 2.45) is 5.92 Å². The summed E-state index contributed by atoms with van der Waals surface area (Å²) in [6.45, 7) is 7.22. The molecule has 0 spiro atoms. The van der Waals surface area contributed by atoms with Gasteiger partial charge in [0.05, 0.1) is 0 Å². The normalized spacial score (nSPS) is 13.0. The lowest BCUT2D eigenvalue weighted by molar-refractivity contribution is 0.227. The molecule has 126 valence electrons. The van der Waals surface area contributed by atoms with Crippen LogP contribution in [0.3, 0.4) is 0 Å². The smallest absolute Gasteiger partial charge is 0.373 e. The lowest BCUT2D eigenvalue weighted by Crippen LogP contribution is -2.15. The van der Waals surface area contributed by atoms with Crippen LogP contribution in [-0.4, -0.2) is 41.1 Å². The summed E-state index contributed by atoms with van der Waals surface area (Å²) in [4.78, 5) is 17.6. The van der Waals surface area contributed by atoms with Crippen LogP contribution in [0, 0.1) is 5.92 Å². The van der Waals surface area contributed by atoms with Gasteiger partial charge in [0, 0.05) is 28.9 Å². The molecule has 1 unspecified atom stereocenters. The number of thioether (sulfide) groups is 1.